The van der Waals surface area contributed by atoms with Crippen LogP contribution < -0.4 is 28.4 Å². The zero-order chi connectivity index (χ0) is 38.2. The van der Waals surface area contributed by atoms with Gasteiger partial charge in [0, 0.05) is 79.7 Å². The van der Waals surface area contributed by atoms with Gasteiger partial charge in [-0.05, 0) is 53.1 Å². The number of rotatable bonds is 21. The number of benzene rings is 3. The Kier molecular flexibility index (Phi) is 16.4. The molecule has 0 spiro atoms. The van der Waals surface area contributed by atoms with E-state index in [2.05, 4.69) is 4.90 Å². The normalized spacial score (nSPS) is 10.7. The van der Waals surface area contributed by atoms with Gasteiger partial charge in [0.2, 0.25) is 17.7 Å². The molecule has 0 aliphatic rings. The summed E-state index contributed by atoms with van der Waals surface area (Å²) in [6.07, 6.45) is 0. The van der Waals surface area contributed by atoms with Gasteiger partial charge in [0.15, 0.2) is 34.5 Å². The third-order valence-corrected chi connectivity index (χ3v) is 8.86. The predicted molar refractivity (Wildman–Crippen MR) is 198 cm³/mol. The number of methoxy groups -OCH3 is 6. The van der Waals surface area contributed by atoms with Gasteiger partial charge in [0.1, 0.15) is 0 Å². The van der Waals surface area contributed by atoms with Crippen molar-refractivity contribution in [2.24, 2.45) is 0 Å². The smallest absolute Gasteiger partial charge is 0.219 e. The van der Waals surface area contributed by atoms with Gasteiger partial charge in [0.05, 0.1) is 42.7 Å². The van der Waals surface area contributed by atoms with E-state index in [9.17, 15) is 14.4 Å². The molecule has 0 fully saturated rings. The predicted octanol–water partition coefficient (Wildman–Crippen LogP) is 4.49. The number of amides is 3. The standard InChI is InChI=1S/C39H54N4O9/c1-28(44)41(25-31-10-13-34(47-4)37(22-31)50-7)19-16-40(17-20-42(29(2)45)26-32-11-14-35(48-5)38(23-32)51-8)18-21-43(30(3)46)27-33-12-15-36(49-6)39(24-33)52-9/h10-15,22-24H,16-21,25-27H2,1-9H3. The van der Waals surface area contributed by atoms with Gasteiger partial charge in [-0.3, -0.25) is 19.3 Å². The summed E-state index contributed by atoms with van der Waals surface area (Å²) in [6.45, 7) is 8.58. The second-order valence-corrected chi connectivity index (χ2v) is 12.2. The molecule has 13 nitrogen and oxygen atoms in total. The summed E-state index contributed by atoms with van der Waals surface area (Å²) in [7, 11) is 9.47. The van der Waals surface area contributed by atoms with Crippen LogP contribution in [-0.2, 0) is 34.0 Å². The Labute approximate surface area is 307 Å². The van der Waals surface area contributed by atoms with Gasteiger partial charge >= 0.3 is 0 Å². The number of ether oxygens (including phenoxy) is 6. The van der Waals surface area contributed by atoms with Gasteiger partial charge in [-0.1, -0.05) is 18.2 Å². The minimum Gasteiger partial charge on any atom is -0.493 e. The summed E-state index contributed by atoms with van der Waals surface area (Å²) in [5, 5.41) is 0. The molecule has 13 heteroatoms. The molecule has 0 radical (unpaired) electrons. The molecular formula is C39H54N4O9. The van der Waals surface area contributed by atoms with E-state index in [-0.39, 0.29) is 17.7 Å². The summed E-state index contributed by atoms with van der Waals surface area (Å²) in [6, 6.07) is 16.8. The van der Waals surface area contributed by atoms with Crippen molar-refractivity contribution < 1.29 is 42.8 Å². The van der Waals surface area contributed by atoms with Crippen molar-refractivity contribution in [3.63, 3.8) is 0 Å². The summed E-state index contributed by atoms with van der Waals surface area (Å²) in [4.78, 5) is 46.1. The second kappa shape index (κ2) is 20.6. The molecule has 0 saturated carbocycles. The van der Waals surface area contributed by atoms with Crippen LogP contribution in [0.25, 0.3) is 0 Å². The fourth-order valence-electron chi connectivity index (χ4n) is 5.76. The molecule has 0 aromatic heterocycles. The van der Waals surface area contributed by atoms with Gasteiger partial charge in [-0.2, -0.15) is 0 Å². The van der Waals surface area contributed by atoms with E-state index >= 15 is 0 Å². The molecule has 0 unspecified atom stereocenters. The van der Waals surface area contributed by atoms with E-state index < -0.39 is 0 Å². The minimum absolute atomic E-state index is 0.0765. The fourth-order valence-corrected chi connectivity index (χ4v) is 5.76. The molecule has 0 aliphatic carbocycles. The van der Waals surface area contributed by atoms with Crippen LogP contribution in [0.3, 0.4) is 0 Å². The SMILES string of the molecule is COc1ccc(CN(CCN(CCN(Cc2ccc(OC)c(OC)c2)C(C)=O)CCN(Cc2ccc(OC)c(OC)c2)C(C)=O)C(C)=O)cc1OC. The molecular weight excluding hydrogens is 668 g/mol. The van der Waals surface area contributed by atoms with Crippen molar-refractivity contribution in [2.45, 2.75) is 40.4 Å². The van der Waals surface area contributed by atoms with Crippen LogP contribution in [0.4, 0.5) is 0 Å². The van der Waals surface area contributed by atoms with Crippen LogP contribution in [0.5, 0.6) is 34.5 Å². The first-order valence-corrected chi connectivity index (χ1v) is 17.1. The van der Waals surface area contributed by atoms with E-state index in [4.69, 9.17) is 28.4 Å². The zero-order valence-electron chi connectivity index (χ0n) is 32.0. The molecule has 0 saturated heterocycles. The van der Waals surface area contributed by atoms with Crippen molar-refractivity contribution in [3.05, 3.63) is 71.3 Å². The molecule has 3 rings (SSSR count). The summed E-state index contributed by atoms with van der Waals surface area (Å²) >= 11 is 0. The Balaban J connectivity index is 1.81. The van der Waals surface area contributed by atoms with Crippen molar-refractivity contribution in [1.29, 1.82) is 0 Å². The van der Waals surface area contributed by atoms with E-state index in [1.807, 2.05) is 54.6 Å². The van der Waals surface area contributed by atoms with Gasteiger partial charge in [-0.15, -0.1) is 0 Å². The molecule has 3 aromatic rings. The lowest BCUT2D eigenvalue weighted by atomic mass is 10.1. The lowest BCUT2D eigenvalue weighted by molar-refractivity contribution is -0.129. The van der Waals surface area contributed by atoms with E-state index in [1.165, 1.54) is 0 Å². The average molecular weight is 723 g/mol. The second-order valence-electron chi connectivity index (χ2n) is 12.2. The third kappa shape index (κ3) is 12.0. The Hall–Kier alpha value is -5.17. The molecule has 3 amide bonds. The topological polar surface area (TPSA) is 120 Å². The third-order valence-electron chi connectivity index (χ3n) is 8.86. The first-order valence-electron chi connectivity index (χ1n) is 17.1. The number of carbonyl (C=O) groups excluding carboxylic acids is 3. The van der Waals surface area contributed by atoms with E-state index in [1.54, 1.807) is 78.1 Å². The lowest BCUT2D eigenvalue weighted by Gasteiger charge is -2.32. The van der Waals surface area contributed by atoms with Crippen LogP contribution in [0.1, 0.15) is 37.5 Å². The number of hydrogen-bond donors (Lipinski definition) is 0. The highest BCUT2D eigenvalue weighted by atomic mass is 16.5. The monoisotopic (exact) mass is 722 g/mol. The first-order chi connectivity index (χ1) is 25.0. The zero-order valence-corrected chi connectivity index (χ0v) is 32.0. The van der Waals surface area contributed by atoms with Crippen LogP contribution in [0.15, 0.2) is 54.6 Å². The average Bonchev–Trinajstić information content (AvgIpc) is 3.14. The van der Waals surface area contributed by atoms with Crippen LogP contribution in [0.2, 0.25) is 0 Å². The molecule has 0 heterocycles. The number of nitrogens with zero attached hydrogens (tertiary/aromatic N) is 4. The quantitative estimate of drug-likeness (QED) is 0.156. The molecule has 0 atom stereocenters. The Bertz CT molecular complexity index is 1440. The van der Waals surface area contributed by atoms with Crippen molar-refractivity contribution in [2.75, 3.05) is 81.9 Å². The van der Waals surface area contributed by atoms with Crippen LogP contribution in [0, 0.1) is 0 Å². The summed E-state index contributed by atoms with van der Waals surface area (Å²) in [5.41, 5.74) is 2.69. The Morgan fingerprint density at radius 2 is 0.654 bits per heavy atom. The molecule has 52 heavy (non-hydrogen) atoms. The lowest BCUT2D eigenvalue weighted by Crippen LogP contribution is -2.45. The van der Waals surface area contributed by atoms with Crippen LogP contribution >= 0.6 is 0 Å². The van der Waals surface area contributed by atoms with Crippen LogP contribution in [-0.4, -0.2) is 119 Å². The number of carbonyl (C=O) groups is 3. The molecule has 284 valence electrons. The minimum atomic E-state index is -0.0765. The van der Waals surface area contributed by atoms with Crippen molar-refractivity contribution in [1.82, 2.24) is 19.6 Å². The highest BCUT2D eigenvalue weighted by Crippen LogP contribution is 2.30. The van der Waals surface area contributed by atoms with E-state index in [0.717, 1.165) is 16.7 Å². The molecule has 0 N–H and O–H groups in total. The van der Waals surface area contributed by atoms with E-state index in [0.29, 0.717) is 93.4 Å². The maximum Gasteiger partial charge on any atom is 0.219 e. The highest BCUT2D eigenvalue weighted by molar-refractivity contribution is 5.74. The largest absolute Gasteiger partial charge is 0.493 e. The molecule has 3 aromatic carbocycles. The summed E-state index contributed by atoms with van der Waals surface area (Å²) in [5.74, 6) is 3.36. The van der Waals surface area contributed by atoms with Gasteiger partial charge < -0.3 is 43.1 Å². The van der Waals surface area contributed by atoms with Crippen molar-refractivity contribution >= 4 is 17.7 Å². The Morgan fingerprint density at radius 1 is 0.404 bits per heavy atom. The maximum absolute atomic E-state index is 12.9. The number of hydrogen-bond acceptors (Lipinski definition) is 10. The molecule has 0 aliphatic heterocycles. The van der Waals surface area contributed by atoms with Gasteiger partial charge in [0.25, 0.3) is 0 Å². The van der Waals surface area contributed by atoms with Crippen molar-refractivity contribution in [3.8, 4) is 34.5 Å². The Morgan fingerprint density at radius 3 is 0.865 bits per heavy atom. The summed E-state index contributed by atoms with van der Waals surface area (Å²) < 4.78 is 32.5. The highest BCUT2D eigenvalue weighted by Gasteiger charge is 2.19. The van der Waals surface area contributed by atoms with Gasteiger partial charge in [-0.25, -0.2) is 0 Å². The molecule has 0 bridgehead atoms. The fraction of sp³-hybridized carbons (Fsp3) is 0.462. The maximum atomic E-state index is 12.9. The first kappa shape index (κ1) is 41.3.